The molecule has 0 bridgehead atoms. The van der Waals surface area contributed by atoms with E-state index in [2.05, 4.69) is 5.10 Å². The molecule has 3 nitrogen and oxygen atoms in total. The standard InChI is InChI=1S/C7H11N3.2ClH/c1-10-4-6(8)7(9-10)5-2-3-5;;/h4-5H,2-3,8H2,1H3;2*1H. The molecule has 1 aromatic heterocycles. The van der Waals surface area contributed by atoms with Crippen LogP contribution in [-0.2, 0) is 7.05 Å². The van der Waals surface area contributed by atoms with Crippen molar-refractivity contribution in [3.05, 3.63) is 11.9 Å². The average Bonchev–Trinajstić information content (AvgIpc) is 2.61. The summed E-state index contributed by atoms with van der Waals surface area (Å²) in [6, 6.07) is 0. The molecular weight excluding hydrogens is 197 g/mol. The summed E-state index contributed by atoms with van der Waals surface area (Å²) in [6.07, 6.45) is 4.40. The number of aromatic nitrogens is 2. The van der Waals surface area contributed by atoms with E-state index >= 15 is 0 Å². The van der Waals surface area contributed by atoms with Crippen LogP contribution in [0.2, 0.25) is 0 Å². The molecule has 2 rings (SSSR count). The number of hydrogen-bond donors (Lipinski definition) is 1. The van der Waals surface area contributed by atoms with Crippen LogP contribution >= 0.6 is 24.8 Å². The Morgan fingerprint density at radius 1 is 1.50 bits per heavy atom. The third-order valence-corrected chi connectivity index (χ3v) is 1.85. The van der Waals surface area contributed by atoms with E-state index in [9.17, 15) is 0 Å². The molecule has 0 aromatic carbocycles. The SMILES string of the molecule is Cl.Cl.Cn1cc(N)c(C2CC2)n1. The highest BCUT2D eigenvalue weighted by Crippen LogP contribution is 2.41. The van der Waals surface area contributed by atoms with E-state index in [0.29, 0.717) is 5.92 Å². The number of nitrogen functional groups attached to an aromatic ring is 1. The summed E-state index contributed by atoms with van der Waals surface area (Å²) >= 11 is 0. The molecule has 1 aliphatic rings. The van der Waals surface area contributed by atoms with Crippen LogP contribution < -0.4 is 5.73 Å². The van der Waals surface area contributed by atoms with E-state index < -0.39 is 0 Å². The molecule has 1 aliphatic carbocycles. The minimum atomic E-state index is 0. The fourth-order valence-electron chi connectivity index (χ4n) is 1.20. The Hall–Kier alpha value is -0.410. The number of halogens is 2. The van der Waals surface area contributed by atoms with Crippen molar-refractivity contribution in [2.45, 2.75) is 18.8 Å². The van der Waals surface area contributed by atoms with E-state index in [4.69, 9.17) is 5.73 Å². The monoisotopic (exact) mass is 209 g/mol. The van der Waals surface area contributed by atoms with Gasteiger partial charge in [-0.25, -0.2) is 0 Å². The van der Waals surface area contributed by atoms with E-state index in [-0.39, 0.29) is 24.8 Å². The first-order chi connectivity index (χ1) is 4.77. The van der Waals surface area contributed by atoms with Crippen LogP contribution in [0.1, 0.15) is 24.5 Å². The van der Waals surface area contributed by atoms with Gasteiger partial charge >= 0.3 is 0 Å². The quantitative estimate of drug-likeness (QED) is 0.766. The molecule has 1 aromatic rings. The largest absolute Gasteiger partial charge is 0.396 e. The maximum absolute atomic E-state index is 5.70. The second kappa shape index (κ2) is 4.01. The molecule has 0 spiro atoms. The van der Waals surface area contributed by atoms with Crippen molar-refractivity contribution in [1.29, 1.82) is 0 Å². The normalized spacial score (nSPS) is 14.8. The van der Waals surface area contributed by atoms with Gasteiger partial charge in [0.05, 0.1) is 11.4 Å². The number of aryl methyl sites for hydroxylation is 1. The summed E-state index contributed by atoms with van der Waals surface area (Å²) in [6.45, 7) is 0. The van der Waals surface area contributed by atoms with Gasteiger partial charge in [-0.1, -0.05) is 0 Å². The molecule has 2 N–H and O–H groups in total. The van der Waals surface area contributed by atoms with Crippen molar-refractivity contribution in [2.24, 2.45) is 7.05 Å². The molecule has 1 fully saturated rings. The zero-order chi connectivity index (χ0) is 7.14. The fourth-order valence-corrected chi connectivity index (χ4v) is 1.20. The van der Waals surface area contributed by atoms with Crippen molar-refractivity contribution in [1.82, 2.24) is 9.78 Å². The molecule has 1 heterocycles. The number of hydrogen-bond acceptors (Lipinski definition) is 2. The summed E-state index contributed by atoms with van der Waals surface area (Å²) in [5.74, 6) is 0.668. The lowest BCUT2D eigenvalue weighted by atomic mass is 10.3. The Balaban J connectivity index is 0.000000605. The maximum Gasteiger partial charge on any atom is 0.0884 e. The predicted octanol–water partition coefficient (Wildman–Crippen LogP) is 1.72. The first-order valence-corrected chi connectivity index (χ1v) is 3.56. The van der Waals surface area contributed by atoms with Gasteiger partial charge in [0.25, 0.3) is 0 Å². The summed E-state index contributed by atoms with van der Waals surface area (Å²) < 4.78 is 1.78. The van der Waals surface area contributed by atoms with E-state index in [1.165, 1.54) is 12.8 Å². The van der Waals surface area contributed by atoms with Crippen LogP contribution in [-0.4, -0.2) is 9.78 Å². The third-order valence-electron chi connectivity index (χ3n) is 1.85. The van der Waals surface area contributed by atoms with Crippen molar-refractivity contribution in [3.8, 4) is 0 Å². The van der Waals surface area contributed by atoms with E-state index in [1.807, 2.05) is 13.2 Å². The smallest absolute Gasteiger partial charge is 0.0884 e. The molecular formula is C7H13Cl2N3. The van der Waals surface area contributed by atoms with Gasteiger partial charge in [0.15, 0.2) is 0 Å². The van der Waals surface area contributed by atoms with Gasteiger partial charge in [0.1, 0.15) is 0 Å². The lowest BCUT2D eigenvalue weighted by Crippen LogP contribution is -1.89. The molecule has 1 saturated carbocycles. The highest BCUT2D eigenvalue weighted by Gasteiger charge is 2.27. The molecule has 0 aliphatic heterocycles. The molecule has 5 heteroatoms. The van der Waals surface area contributed by atoms with Gasteiger partial charge < -0.3 is 5.73 Å². The highest BCUT2D eigenvalue weighted by atomic mass is 35.5. The summed E-state index contributed by atoms with van der Waals surface area (Å²) in [7, 11) is 1.90. The van der Waals surface area contributed by atoms with Crippen LogP contribution in [0.25, 0.3) is 0 Å². The molecule has 0 unspecified atom stereocenters. The van der Waals surface area contributed by atoms with Gasteiger partial charge in [-0.2, -0.15) is 5.10 Å². The van der Waals surface area contributed by atoms with Gasteiger partial charge in [-0.3, -0.25) is 4.68 Å². The van der Waals surface area contributed by atoms with Crippen LogP contribution in [0.4, 0.5) is 5.69 Å². The van der Waals surface area contributed by atoms with Crippen molar-refractivity contribution < 1.29 is 0 Å². The maximum atomic E-state index is 5.70. The minimum absolute atomic E-state index is 0. The van der Waals surface area contributed by atoms with Gasteiger partial charge in [0.2, 0.25) is 0 Å². The Labute approximate surface area is 84.1 Å². The molecule has 0 saturated heterocycles. The second-order valence-corrected chi connectivity index (χ2v) is 2.92. The molecule has 0 radical (unpaired) electrons. The zero-order valence-corrected chi connectivity index (χ0v) is 8.49. The van der Waals surface area contributed by atoms with Crippen LogP contribution in [0.3, 0.4) is 0 Å². The van der Waals surface area contributed by atoms with Crippen LogP contribution in [0.15, 0.2) is 6.20 Å². The fraction of sp³-hybridized carbons (Fsp3) is 0.571. The second-order valence-electron chi connectivity index (χ2n) is 2.92. The predicted molar refractivity (Wildman–Crippen MR) is 54.1 cm³/mol. The summed E-state index contributed by atoms with van der Waals surface area (Å²) in [4.78, 5) is 0. The topological polar surface area (TPSA) is 43.8 Å². The number of nitrogens with two attached hydrogens (primary N) is 1. The van der Waals surface area contributed by atoms with Gasteiger partial charge in [0, 0.05) is 19.2 Å². The van der Waals surface area contributed by atoms with Crippen LogP contribution in [0.5, 0.6) is 0 Å². The van der Waals surface area contributed by atoms with Crippen LogP contribution in [0, 0.1) is 0 Å². The molecule has 0 amide bonds. The summed E-state index contributed by atoms with van der Waals surface area (Å²) in [5, 5.41) is 4.26. The van der Waals surface area contributed by atoms with E-state index in [0.717, 1.165) is 11.4 Å². The van der Waals surface area contributed by atoms with Gasteiger partial charge in [-0.15, -0.1) is 24.8 Å². The Kier molecular flexibility index (Phi) is 3.87. The number of anilines is 1. The lowest BCUT2D eigenvalue weighted by molar-refractivity contribution is 0.744. The summed E-state index contributed by atoms with van der Waals surface area (Å²) in [5.41, 5.74) is 7.65. The molecule has 12 heavy (non-hydrogen) atoms. The van der Waals surface area contributed by atoms with Gasteiger partial charge in [-0.05, 0) is 12.8 Å². The molecule has 0 atom stereocenters. The van der Waals surface area contributed by atoms with Crippen molar-refractivity contribution in [3.63, 3.8) is 0 Å². The van der Waals surface area contributed by atoms with Crippen molar-refractivity contribution >= 4 is 30.5 Å². The third kappa shape index (κ3) is 2.05. The van der Waals surface area contributed by atoms with Crippen molar-refractivity contribution in [2.75, 3.05) is 5.73 Å². The molecule has 70 valence electrons. The van der Waals surface area contributed by atoms with E-state index in [1.54, 1.807) is 4.68 Å². The first-order valence-electron chi connectivity index (χ1n) is 3.56. The first kappa shape index (κ1) is 11.6. The Morgan fingerprint density at radius 2 is 2.08 bits per heavy atom. The lowest BCUT2D eigenvalue weighted by Gasteiger charge is -1.89. The highest BCUT2D eigenvalue weighted by molar-refractivity contribution is 5.85. The number of rotatable bonds is 1. The minimum Gasteiger partial charge on any atom is -0.396 e. The zero-order valence-electron chi connectivity index (χ0n) is 6.86. The number of nitrogens with zero attached hydrogens (tertiary/aromatic N) is 2. The Morgan fingerprint density at radius 3 is 2.42 bits per heavy atom. The average molecular weight is 210 g/mol. The Bertz CT molecular complexity index is 255.